The lowest BCUT2D eigenvalue weighted by atomic mass is 10.1. The van der Waals surface area contributed by atoms with Gasteiger partial charge in [-0.1, -0.05) is 30.5 Å². The Kier molecular flexibility index (Phi) is 8.05. The average Bonchev–Trinajstić information content (AvgIpc) is 3.02. The van der Waals surface area contributed by atoms with Crippen LogP contribution < -0.4 is 9.62 Å². The molecule has 1 amide bonds. The molecule has 34 heavy (non-hydrogen) atoms. The second-order valence-electron chi connectivity index (χ2n) is 8.91. The van der Waals surface area contributed by atoms with Crippen LogP contribution in [0.5, 0.6) is 0 Å². The number of carbonyl (C=O) groups excluding carboxylic acids is 1. The highest BCUT2D eigenvalue weighted by molar-refractivity contribution is 7.92. The first kappa shape index (κ1) is 26.2. The Balaban J connectivity index is 1.76. The molecular formula is C24H33N3O5S2. The molecule has 0 atom stereocenters. The van der Waals surface area contributed by atoms with E-state index >= 15 is 0 Å². The lowest BCUT2D eigenvalue weighted by Crippen LogP contribution is -2.38. The summed E-state index contributed by atoms with van der Waals surface area (Å²) >= 11 is 0. The number of sulfonamides is 2. The fourth-order valence-electron chi connectivity index (χ4n) is 4.40. The van der Waals surface area contributed by atoms with Crippen molar-refractivity contribution >= 4 is 37.3 Å². The minimum Gasteiger partial charge on any atom is -0.325 e. The smallest absolute Gasteiger partial charge is 0.245 e. The van der Waals surface area contributed by atoms with Crippen LogP contribution in [-0.2, 0) is 24.8 Å². The van der Waals surface area contributed by atoms with E-state index < -0.39 is 32.5 Å². The summed E-state index contributed by atoms with van der Waals surface area (Å²) in [4.78, 5) is 12.9. The largest absolute Gasteiger partial charge is 0.325 e. The number of nitrogens with one attached hydrogen (secondary N) is 1. The first-order chi connectivity index (χ1) is 15.9. The second-order valence-corrected chi connectivity index (χ2v) is 12.8. The quantitative estimate of drug-likeness (QED) is 0.617. The molecule has 0 radical (unpaired) electrons. The van der Waals surface area contributed by atoms with Crippen molar-refractivity contribution in [3.05, 3.63) is 53.1 Å². The van der Waals surface area contributed by atoms with Crippen LogP contribution in [0.25, 0.3) is 0 Å². The molecule has 0 saturated carbocycles. The van der Waals surface area contributed by atoms with Gasteiger partial charge in [-0.3, -0.25) is 9.10 Å². The maximum atomic E-state index is 12.9. The van der Waals surface area contributed by atoms with Crippen LogP contribution in [0, 0.1) is 20.8 Å². The van der Waals surface area contributed by atoms with E-state index in [0.29, 0.717) is 24.5 Å². The van der Waals surface area contributed by atoms with E-state index in [1.807, 2.05) is 32.9 Å². The molecule has 1 N–H and O–H groups in total. The van der Waals surface area contributed by atoms with Gasteiger partial charge >= 0.3 is 0 Å². The lowest BCUT2D eigenvalue weighted by molar-refractivity contribution is -0.114. The van der Waals surface area contributed by atoms with Crippen molar-refractivity contribution in [1.82, 2.24) is 4.31 Å². The van der Waals surface area contributed by atoms with Crippen LogP contribution in [0.2, 0.25) is 0 Å². The first-order valence-corrected chi connectivity index (χ1v) is 14.6. The number of nitrogens with zero attached hydrogens (tertiary/aromatic N) is 2. The summed E-state index contributed by atoms with van der Waals surface area (Å²) in [6.45, 7) is 6.19. The van der Waals surface area contributed by atoms with Crippen LogP contribution in [0.3, 0.4) is 0 Å². The molecule has 0 aromatic heterocycles. The van der Waals surface area contributed by atoms with Gasteiger partial charge in [-0.05, 0) is 69.0 Å². The van der Waals surface area contributed by atoms with Gasteiger partial charge in [-0.25, -0.2) is 16.8 Å². The Hall–Kier alpha value is -2.43. The van der Waals surface area contributed by atoms with Gasteiger partial charge in [0.2, 0.25) is 26.0 Å². The number of hydrogen-bond donors (Lipinski definition) is 1. The summed E-state index contributed by atoms with van der Waals surface area (Å²) in [7, 11) is -7.30. The topological polar surface area (TPSA) is 104 Å². The van der Waals surface area contributed by atoms with E-state index in [2.05, 4.69) is 5.32 Å². The zero-order valence-electron chi connectivity index (χ0n) is 20.2. The van der Waals surface area contributed by atoms with E-state index in [4.69, 9.17) is 0 Å². The molecule has 1 heterocycles. The number of hydrogen-bond acceptors (Lipinski definition) is 5. The predicted octanol–water partition coefficient (Wildman–Crippen LogP) is 3.58. The molecular weight excluding hydrogens is 474 g/mol. The highest BCUT2D eigenvalue weighted by Gasteiger charge is 2.26. The molecule has 1 aliphatic heterocycles. The van der Waals surface area contributed by atoms with Crippen molar-refractivity contribution < 1.29 is 21.6 Å². The Morgan fingerprint density at radius 3 is 1.94 bits per heavy atom. The van der Waals surface area contributed by atoms with Gasteiger partial charge in [0.05, 0.1) is 16.8 Å². The third-order valence-electron chi connectivity index (χ3n) is 5.91. The molecule has 0 aliphatic carbocycles. The average molecular weight is 508 g/mol. The molecule has 10 heteroatoms. The van der Waals surface area contributed by atoms with Crippen molar-refractivity contribution in [2.24, 2.45) is 0 Å². The van der Waals surface area contributed by atoms with Gasteiger partial charge in [-0.15, -0.1) is 0 Å². The fraction of sp³-hybridized carbons (Fsp3) is 0.458. The van der Waals surface area contributed by atoms with Crippen molar-refractivity contribution in [3.8, 4) is 0 Å². The van der Waals surface area contributed by atoms with E-state index in [1.165, 1.54) is 28.6 Å². The van der Waals surface area contributed by atoms with E-state index in [9.17, 15) is 21.6 Å². The van der Waals surface area contributed by atoms with Gasteiger partial charge in [0, 0.05) is 18.8 Å². The number of anilines is 2. The van der Waals surface area contributed by atoms with Crippen LogP contribution in [0.1, 0.15) is 42.4 Å². The van der Waals surface area contributed by atoms with E-state index in [-0.39, 0.29) is 4.90 Å². The van der Waals surface area contributed by atoms with Crippen molar-refractivity contribution in [3.63, 3.8) is 0 Å². The molecule has 0 unspecified atom stereocenters. The summed E-state index contributed by atoms with van der Waals surface area (Å²) in [5.41, 5.74) is 3.41. The summed E-state index contributed by atoms with van der Waals surface area (Å²) < 4.78 is 53.5. The maximum absolute atomic E-state index is 12.9. The molecule has 3 rings (SSSR count). The van der Waals surface area contributed by atoms with Crippen molar-refractivity contribution in [2.75, 3.05) is 35.5 Å². The molecule has 1 aliphatic rings. The minimum absolute atomic E-state index is 0.177. The molecule has 186 valence electrons. The highest BCUT2D eigenvalue weighted by atomic mass is 32.2. The maximum Gasteiger partial charge on any atom is 0.245 e. The van der Waals surface area contributed by atoms with Crippen LogP contribution in [0.15, 0.2) is 41.3 Å². The number of aryl methyl sites for hydroxylation is 3. The summed E-state index contributed by atoms with van der Waals surface area (Å²) in [6, 6.07) is 9.74. The van der Waals surface area contributed by atoms with E-state index in [1.54, 1.807) is 0 Å². The van der Waals surface area contributed by atoms with Gasteiger partial charge < -0.3 is 5.32 Å². The Morgan fingerprint density at radius 2 is 1.44 bits per heavy atom. The van der Waals surface area contributed by atoms with Crippen LogP contribution in [-0.4, -0.2) is 52.9 Å². The van der Waals surface area contributed by atoms with Gasteiger partial charge in [0.15, 0.2) is 0 Å². The highest BCUT2D eigenvalue weighted by Crippen LogP contribution is 2.28. The predicted molar refractivity (Wildman–Crippen MR) is 135 cm³/mol. The number of amides is 1. The molecule has 2 aromatic rings. The molecule has 2 aromatic carbocycles. The molecule has 0 bridgehead atoms. The van der Waals surface area contributed by atoms with Crippen LogP contribution >= 0.6 is 0 Å². The molecule has 1 fully saturated rings. The summed E-state index contributed by atoms with van der Waals surface area (Å²) in [5, 5.41) is 2.68. The second kappa shape index (κ2) is 10.5. The Morgan fingerprint density at radius 1 is 0.912 bits per heavy atom. The van der Waals surface area contributed by atoms with Gasteiger partial charge in [-0.2, -0.15) is 4.31 Å². The van der Waals surface area contributed by atoms with Crippen molar-refractivity contribution in [1.29, 1.82) is 0 Å². The van der Waals surface area contributed by atoms with Gasteiger partial charge in [0.1, 0.15) is 6.54 Å². The van der Waals surface area contributed by atoms with Crippen LogP contribution in [0.4, 0.5) is 11.4 Å². The number of benzene rings is 2. The van der Waals surface area contributed by atoms with E-state index in [0.717, 1.165) is 52.9 Å². The molecule has 0 spiro atoms. The first-order valence-electron chi connectivity index (χ1n) is 11.4. The zero-order chi connectivity index (χ0) is 25.1. The minimum atomic E-state index is -3.72. The fourth-order valence-corrected chi connectivity index (χ4v) is 6.89. The third-order valence-corrected chi connectivity index (χ3v) is 8.94. The Bertz CT molecular complexity index is 1230. The number of rotatable bonds is 7. The van der Waals surface area contributed by atoms with Crippen molar-refractivity contribution in [2.45, 2.75) is 51.3 Å². The Labute approximate surface area is 203 Å². The monoisotopic (exact) mass is 507 g/mol. The standard InChI is InChI=1S/C24H33N3O5S2/c1-18-15-19(2)24(20(3)16-18)27(33(4,29)30)17-23(28)25-21-9-11-22(12-10-21)34(31,32)26-13-7-5-6-8-14-26/h9-12,15-16H,5-8,13-14,17H2,1-4H3,(H,25,28). The molecule has 1 saturated heterocycles. The number of carbonyl (C=O) groups is 1. The third kappa shape index (κ3) is 6.17. The molecule has 8 nitrogen and oxygen atoms in total. The summed E-state index contributed by atoms with van der Waals surface area (Å²) in [6.07, 6.45) is 4.84. The lowest BCUT2D eigenvalue weighted by Gasteiger charge is -2.26. The van der Waals surface area contributed by atoms with Gasteiger partial charge in [0.25, 0.3) is 0 Å². The zero-order valence-corrected chi connectivity index (χ0v) is 21.8. The SMILES string of the molecule is Cc1cc(C)c(N(CC(=O)Nc2ccc(S(=O)(=O)N3CCCCCC3)cc2)S(C)(=O)=O)c(C)c1. The normalized spacial score (nSPS) is 15.5. The summed E-state index contributed by atoms with van der Waals surface area (Å²) in [5.74, 6) is -0.520.